The van der Waals surface area contributed by atoms with Gasteiger partial charge in [-0.15, -0.1) is 0 Å². The topological polar surface area (TPSA) is 111 Å². The molecule has 1 atom stereocenters. The van der Waals surface area contributed by atoms with Gasteiger partial charge in [-0.3, -0.25) is 9.69 Å². The highest BCUT2D eigenvalue weighted by Crippen LogP contribution is 2.24. The van der Waals surface area contributed by atoms with Gasteiger partial charge in [-0.1, -0.05) is 25.5 Å². The predicted octanol–water partition coefficient (Wildman–Crippen LogP) is 3.02. The van der Waals surface area contributed by atoms with E-state index in [1.54, 1.807) is 13.3 Å². The molecule has 0 spiro atoms. The summed E-state index contributed by atoms with van der Waals surface area (Å²) in [4.78, 5) is 24.4. The molecule has 3 N–H and O–H groups in total. The van der Waals surface area contributed by atoms with Gasteiger partial charge in [0.25, 0.3) is 5.56 Å². The summed E-state index contributed by atoms with van der Waals surface area (Å²) in [5, 5.41) is 8.06. The van der Waals surface area contributed by atoms with Crippen LogP contribution in [0, 0.1) is 0 Å². The fourth-order valence-corrected chi connectivity index (χ4v) is 4.44. The highest BCUT2D eigenvalue weighted by molar-refractivity contribution is 5.88. The number of fused-ring (bicyclic) bond motifs is 1. The van der Waals surface area contributed by atoms with Crippen molar-refractivity contribution in [2.75, 3.05) is 31.2 Å². The van der Waals surface area contributed by atoms with Crippen molar-refractivity contribution in [3.05, 3.63) is 45.9 Å². The Balaban J connectivity index is 1.65. The van der Waals surface area contributed by atoms with Gasteiger partial charge in [-0.2, -0.15) is 10.1 Å². The summed E-state index contributed by atoms with van der Waals surface area (Å²) in [6, 6.07) is 6.33. The predicted molar refractivity (Wildman–Crippen MR) is 131 cm³/mol. The lowest BCUT2D eigenvalue weighted by Gasteiger charge is -2.17. The largest absolute Gasteiger partial charge is 0.496 e. The molecule has 1 saturated heterocycles. The number of anilines is 2. The molecule has 0 saturated carbocycles. The molecule has 1 aromatic carbocycles. The van der Waals surface area contributed by atoms with Crippen molar-refractivity contribution >= 4 is 22.7 Å². The summed E-state index contributed by atoms with van der Waals surface area (Å²) in [5.74, 6) is 1.32. The van der Waals surface area contributed by atoms with Crippen LogP contribution in [0.25, 0.3) is 10.9 Å². The van der Waals surface area contributed by atoms with E-state index in [-0.39, 0.29) is 24.1 Å². The molecule has 0 radical (unpaired) electrons. The maximum Gasteiger partial charge on any atom is 0.280 e. The number of nitrogens with one attached hydrogen (secondary N) is 1. The van der Waals surface area contributed by atoms with Crippen LogP contribution in [-0.2, 0) is 13.1 Å². The number of nitrogens with two attached hydrogens (primary N) is 1. The van der Waals surface area contributed by atoms with Gasteiger partial charge < -0.3 is 15.8 Å². The van der Waals surface area contributed by atoms with E-state index in [9.17, 15) is 4.79 Å². The number of ether oxygens (including phenoxy) is 1. The van der Waals surface area contributed by atoms with Crippen LogP contribution in [-0.4, -0.2) is 50.9 Å². The third kappa shape index (κ3) is 5.24. The van der Waals surface area contributed by atoms with Gasteiger partial charge in [0.2, 0.25) is 5.95 Å². The number of methoxy groups -OCH3 is 1. The minimum Gasteiger partial charge on any atom is -0.496 e. The van der Waals surface area contributed by atoms with E-state index in [2.05, 4.69) is 51.3 Å². The van der Waals surface area contributed by atoms with Gasteiger partial charge in [0.05, 0.1) is 19.9 Å². The molecule has 9 nitrogen and oxygen atoms in total. The molecule has 4 rings (SSSR count). The Hall–Kier alpha value is -3.20. The average molecular weight is 452 g/mol. The second-order valence-electron chi connectivity index (χ2n) is 8.76. The average Bonchev–Trinajstić information content (AvgIpc) is 3.29. The first-order valence-corrected chi connectivity index (χ1v) is 11.7. The molecule has 0 amide bonds. The van der Waals surface area contributed by atoms with Crippen LogP contribution in [0.15, 0.2) is 29.2 Å². The molecule has 1 fully saturated rings. The van der Waals surface area contributed by atoms with E-state index in [0.29, 0.717) is 16.7 Å². The Bertz CT molecular complexity index is 1170. The van der Waals surface area contributed by atoms with Gasteiger partial charge in [0.1, 0.15) is 22.5 Å². The molecule has 9 heteroatoms. The molecule has 1 aliphatic heterocycles. The van der Waals surface area contributed by atoms with E-state index < -0.39 is 0 Å². The standard InChI is InChI=1S/C24H33N7O2/c1-4-7-16(2)27-22-21-19(28-24(25)29-22)13-26-31(23(21)32)15-18-9-8-17(12-20(18)33-3)14-30-10-5-6-11-30/h8-9,12-13,16H,4-7,10-11,14-15H2,1-3H3,(H3,25,27,28,29)/t16-/m1/s1. The number of nitrogen functional groups attached to an aromatic ring is 1. The molecule has 0 bridgehead atoms. The first-order chi connectivity index (χ1) is 16.0. The zero-order valence-electron chi connectivity index (χ0n) is 19.7. The van der Waals surface area contributed by atoms with Crippen molar-refractivity contribution in [1.82, 2.24) is 24.6 Å². The lowest BCUT2D eigenvalue weighted by Crippen LogP contribution is -2.26. The summed E-state index contributed by atoms with van der Waals surface area (Å²) >= 11 is 0. The van der Waals surface area contributed by atoms with Crippen molar-refractivity contribution in [3.8, 4) is 5.75 Å². The second kappa shape index (κ2) is 10.2. The summed E-state index contributed by atoms with van der Waals surface area (Å²) in [6.45, 7) is 7.65. The molecule has 0 unspecified atom stereocenters. The first kappa shape index (κ1) is 23.0. The van der Waals surface area contributed by atoms with E-state index in [1.165, 1.54) is 23.1 Å². The Morgan fingerprint density at radius 3 is 2.73 bits per heavy atom. The molecular formula is C24H33N7O2. The lowest BCUT2D eigenvalue weighted by atomic mass is 10.1. The fourth-order valence-electron chi connectivity index (χ4n) is 4.44. The number of benzene rings is 1. The van der Waals surface area contributed by atoms with E-state index in [1.807, 2.05) is 6.07 Å². The molecule has 33 heavy (non-hydrogen) atoms. The Kier molecular flexibility index (Phi) is 7.08. The molecule has 2 aromatic heterocycles. The quantitative estimate of drug-likeness (QED) is 0.511. The van der Waals surface area contributed by atoms with Crippen LogP contribution < -0.4 is 21.3 Å². The minimum atomic E-state index is -0.262. The minimum absolute atomic E-state index is 0.114. The van der Waals surface area contributed by atoms with Crippen LogP contribution in [0.5, 0.6) is 5.75 Å². The van der Waals surface area contributed by atoms with Gasteiger partial charge in [-0.25, -0.2) is 9.67 Å². The maximum absolute atomic E-state index is 13.4. The summed E-state index contributed by atoms with van der Waals surface area (Å²) < 4.78 is 7.08. The van der Waals surface area contributed by atoms with Gasteiger partial charge in [0, 0.05) is 18.2 Å². The zero-order chi connectivity index (χ0) is 23.4. The third-order valence-electron chi connectivity index (χ3n) is 6.10. The number of nitrogens with zero attached hydrogens (tertiary/aromatic N) is 5. The second-order valence-corrected chi connectivity index (χ2v) is 8.76. The summed E-state index contributed by atoms with van der Waals surface area (Å²) in [7, 11) is 1.66. The first-order valence-electron chi connectivity index (χ1n) is 11.7. The Morgan fingerprint density at radius 1 is 1.21 bits per heavy atom. The number of hydrogen-bond donors (Lipinski definition) is 2. The zero-order valence-corrected chi connectivity index (χ0v) is 19.7. The fraction of sp³-hybridized carbons (Fsp3) is 0.500. The highest BCUT2D eigenvalue weighted by Gasteiger charge is 2.17. The normalized spacial score (nSPS) is 15.1. The number of rotatable bonds is 9. The number of aromatic nitrogens is 4. The Morgan fingerprint density at radius 2 is 2.00 bits per heavy atom. The maximum atomic E-state index is 13.4. The number of hydrogen-bond acceptors (Lipinski definition) is 8. The smallest absolute Gasteiger partial charge is 0.280 e. The summed E-state index contributed by atoms with van der Waals surface area (Å²) in [5.41, 5.74) is 8.14. The van der Waals surface area contributed by atoms with Crippen molar-refractivity contribution in [3.63, 3.8) is 0 Å². The van der Waals surface area contributed by atoms with E-state index >= 15 is 0 Å². The van der Waals surface area contributed by atoms with Crippen molar-refractivity contribution in [2.45, 2.75) is 58.7 Å². The van der Waals surface area contributed by atoms with Gasteiger partial charge >= 0.3 is 0 Å². The van der Waals surface area contributed by atoms with Crippen molar-refractivity contribution < 1.29 is 4.74 Å². The molecular weight excluding hydrogens is 418 g/mol. The molecule has 176 valence electrons. The van der Waals surface area contributed by atoms with E-state index in [0.717, 1.165) is 43.8 Å². The monoisotopic (exact) mass is 451 g/mol. The van der Waals surface area contributed by atoms with Crippen molar-refractivity contribution in [1.29, 1.82) is 0 Å². The van der Waals surface area contributed by atoms with Crippen LogP contribution >= 0.6 is 0 Å². The van der Waals surface area contributed by atoms with Crippen LogP contribution in [0.2, 0.25) is 0 Å². The Labute approximate surface area is 194 Å². The van der Waals surface area contributed by atoms with Crippen LogP contribution in [0.3, 0.4) is 0 Å². The molecule has 3 aromatic rings. The lowest BCUT2D eigenvalue weighted by molar-refractivity contribution is 0.330. The summed E-state index contributed by atoms with van der Waals surface area (Å²) in [6.07, 6.45) is 6.06. The molecule has 3 heterocycles. The SMILES string of the molecule is CCC[C@@H](C)Nc1nc(N)nc2cnn(Cc3ccc(CN4CCCC4)cc3OC)c(=O)c12. The van der Waals surface area contributed by atoms with Crippen LogP contribution in [0.1, 0.15) is 50.7 Å². The van der Waals surface area contributed by atoms with Gasteiger partial charge in [0.15, 0.2) is 0 Å². The molecule has 1 aliphatic rings. The number of likely N-dealkylation sites (tertiary alicyclic amines) is 1. The molecule has 0 aliphatic carbocycles. The van der Waals surface area contributed by atoms with E-state index in [4.69, 9.17) is 10.5 Å². The van der Waals surface area contributed by atoms with Crippen molar-refractivity contribution in [2.24, 2.45) is 0 Å². The van der Waals surface area contributed by atoms with Crippen LogP contribution in [0.4, 0.5) is 11.8 Å². The highest BCUT2D eigenvalue weighted by atomic mass is 16.5. The van der Waals surface area contributed by atoms with Gasteiger partial charge in [-0.05, 0) is 50.9 Å². The third-order valence-corrected chi connectivity index (χ3v) is 6.10.